The third-order valence-electron chi connectivity index (χ3n) is 5.08. The third kappa shape index (κ3) is 7.02. The molecule has 1 atom stereocenters. The van der Waals surface area contributed by atoms with E-state index in [4.69, 9.17) is 9.47 Å². The van der Waals surface area contributed by atoms with Crippen LogP contribution in [0.15, 0.2) is 42.5 Å². The number of hydrogen-bond acceptors (Lipinski definition) is 4. The highest BCUT2D eigenvalue weighted by Gasteiger charge is 2.25. The Morgan fingerprint density at radius 1 is 1.06 bits per heavy atom. The van der Waals surface area contributed by atoms with Crippen molar-refractivity contribution in [2.24, 2.45) is 5.92 Å². The molecule has 168 valence electrons. The van der Waals surface area contributed by atoms with E-state index in [1.54, 1.807) is 13.2 Å². The number of benzene rings is 2. The number of amides is 2. The van der Waals surface area contributed by atoms with Crippen LogP contribution in [-0.2, 0) is 11.3 Å². The molecule has 2 rings (SSSR count). The SMILES string of the molecule is CCCCOc1ccc(CNC(=O)C(NC(=O)c2ccccc2C)C(C)C)cc1OC. The van der Waals surface area contributed by atoms with Crippen LogP contribution in [0.1, 0.15) is 55.1 Å². The molecule has 0 heterocycles. The molecule has 6 heteroatoms. The summed E-state index contributed by atoms with van der Waals surface area (Å²) in [4.78, 5) is 25.5. The van der Waals surface area contributed by atoms with Crippen LogP contribution in [-0.4, -0.2) is 31.6 Å². The smallest absolute Gasteiger partial charge is 0.252 e. The molecule has 0 saturated carbocycles. The molecular weight excluding hydrogens is 392 g/mol. The Morgan fingerprint density at radius 2 is 1.81 bits per heavy atom. The van der Waals surface area contributed by atoms with E-state index in [2.05, 4.69) is 17.6 Å². The summed E-state index contributed by atoms with van der Waals surface area (Å²) < 4.78 is 11.2. The number of aryl methyl sites for hydroxylation is 1. The Morgan fingerprint density at radius 3 is 2.45 bits per heavy atom. The molecule has 31 heavy (non-hydrogen) atoms. The van der Waals surface area contributed by atoms with Gasteiger partial charge in [0.15, 0.2) is 11.5 Å². The summed E-state index contributed by atoms with van der Waals surface area (Å²) in [6, 6.07) is 12.3. The van der Waals surface area contributed by atoms with E-state index in [1.165, 1.54) is 0 Å². The van der Waals surface area contributed by atoms with Crippen molar-refractivity contribution in [2.45, 2.75) is 53.1 Å². The lowest BCUT2D eigenvalue weighted by molar-refractivity contribution is -0.124. The molecule has 0 aliphatic carbocycles. The molecule has 2 aromatic carbocycles. The van der Waals surface area contributed by atoms with Crippen LogP contribution in [0.2, 0.25) is 0 Å². The van der Waals surface area contributed by atoms with Gasteiger partial charge in [0.05, 0.1) is 13.7 Å². The number of methoxy groups -OCH3 is 1. The van der Waals surface area contributed by atoms with Crippen molar-refractivity contribution < 1.29 is 19.1 Å². The van der Waals surface area contributed by atoms with Gasteiger partial charge in [0, 0.05) is 12.1 Å². The highest BCUT2D eigenvalue weighted by atomic mass is 16.5. The first-order valence-electron chi connectivity index (χ1n) is 10.8. The maximum absolute atomic E-state index is 12.8. The van der Waals surface area contributed by atoms with Crippen molar-refractivity contribution in [3.8, 4) is 11.5 Å². The van der Waals surface area contributed by atoms with Gasteiger partial charge in [-0.2, -0.15) is 0 Å². The van der Waals surface area contributed by atoms with Crippen molar-refractivity contribution in [2.75, 3.05) is 13.7 Å². The molecule has 1 unspecified atom stereocenters. The van der Waals surface area contributed by atoms with E-state index in [1.807, 2.05) is 57.2 Å². The average Bonchev–Trinajstić information content (AvgIpc) is 2.76. The topological polar surface area (TPSA) is 76.7 Å². The molecular formula is C25H34N2O4. The van der Waals surface area contributed by atoms with E-state index in [-0.39, 0.29) is 17.7 Å². The van der Waals surface area contributed by atoms with Crippen molar-refractivity contribution in [3.63, 3.8) is 0 Å². The first kappa shape index (κ1) is 24.3. The van der Waals surface area contributed by atoms with E-state index in [0.29, 0.717) is 30.2 Å². The zero-order valence-electron chi connectivity index (χ0n) is 19.2. The molecule has 2 aromatic rings. The monoisotopic (exact) mass is 426 g/mol. The summed E-state index contributed by atoms with van der Waals surface area (Å²) in [5.41, 5.74) is 2.33. The van der Waals surface area contributed by atoms with Gasteiger partial charge in [0.2, 0.25) is 5.91 Å². The minimum Gasteiger partial charge on any atom is -0.493 e. The zero-order chi connectivity index (χ0) is 22.8. The van der Waals surface area contributed by atoms with Gasteiger partial charge in [-0.1, -0.05) is 51.5 Å². The van der Waals surface area contributed by atoms with Gasteiger partial charge >= 0.3 is 0 Å². The predicted molar refractivity (Wildman–Crippen MR) is 123 cm³/mol. The van der Waals surface area contributed by atoms with Crippen molar-refractivity contribution in [3.05, 3.63) is 59.2 Å². The van der Waals surface area contributed by atoms with Crippen LogP contribution >= 0.6 is 0 Å². The van der Waals surface area contributed by atoms with Crippen molar-refractivity contribution in [1.29, 1.82) is 0 Å². The van der Waals surface area contributed by atoms with Crippen LogP contribution in [0.5, 0.6) is 11.5 Å². The highest BCUT2D eigenvalue weighted by Crippen LogP contribution is 2.28. The summed E-state index contributed by atoms with van der Waals surface area (Å²) in [7, 11) is 1.60. The third-order valence-corrected chi connectivity index (χ3v) is 5.08. The zero-order valence-corrected chi connectivity index (χ0v) is 19.2. The van der Waals surface area contributed by atoms with Gasteiger partial charge in [-0.3, -0.25) is 9.59 Å². The second kappa shape index (κ2) is 12.0. The molecule has 0 saturated heterocycles. The minimum absolute atomic E-state index is 0.0585. The maximum Gasteiger partial charge on any atom is 0.252 e. The summed E-state index contributed by atoms with van der Waals surface area (Å²) in [6.45, 7) is 8.78. The Labute approximate surface area is 185 Å². The molecule has 0 spiro atoms. The Balaban J connectivity index is 2.01. The predicted octanol–water partition coefficient (Wildman–Crippen LogP) is 4.25. The number of carbonyl (C=O) groups is 2. The number of carbonyl (C=O) groups excluding carboxylic acids is 2. The van der Waals surface area contributed by atoms with Gasteiger partial charge in [-0.25, -0.2) is 0 Å². The first-order chi connectivity index (χ1) is 14.9. The number of ether oxygens (including phenoxy) is 2. The Bertz CT molecular complexity index is 880. The lowest BCUT2D eigenvalue weighted by atomic mass is 10.0. The quantitative estimate of drug-likeness (QED) is 0.527. The Kier molecular flexibility index (Phi) is 9.38. The molecule has 2 N–H and O–H groups in total. The summed E-state index contributed by atoms with van der Waals surface area (Å²) >= 11 is 0. The van der Waals surface area contributed by atoms with Crippen molar-refractivity contribution >= 4 is 11.8 Å². The fourth-order valence-corrected chi connectivity index (χ4v) is 3.15. The largest absolute Gasteiger partial charge is 0.493 e. The van der Waals surface area contributed by atoms with E-state index >= 15 is 0 Å². The standard InChI is InChI=1S/C25H34N2O4/c1-6-7-14-31-21-13-12-19(15-22(21)30-5)16-26-25(29)23(17(2)3)27-24(28)20-11-9-8-10-18(20)4/h8-13,15,17,23H,6-7,14,16H2,1-5H3,(H,26,29)(H,27,28). The average molecular weight is 427 g/mol. The summed E-state index contributed by atoms with van der Waals surface area (Å²) in [5, 5.41) is 5.80. The van der Waals surface area contributed by atoms with Crippen molar-refractivity contribution in [1.82, 2.24) is 10.6 Å². The van der Waals surface area contributed by atoms with Crippen LogP contribution in [0, 0.1) is 12.8 Å². The second-order valence-electron chi connectivity index (χ2n) is 7.92. The fraction of sp³-hybridized carbons (Fsp3) is 0.440. The molecule has 0 radical (unpaired) electrons. The number of unbranched alkanes of at least 4 members (excludes halogenated alkanes) is 1. The maximum atomic E-state index is 12.8. The van der Waals surface area contributed by atoms with Gasteiger partial charge < -0.3 is 20.1 Å². The van der Waals surface area contributed by atoms with Gasteiger partial charge in [-0.15, -0.1) is 0 Å². The normalized spacial score (nSPS) is 11.7. The molecule has 0 aliphatic heterocycles. The molecule has 0 bridgehead atoms. The van der Waals surface area contributed by atoms with E-state index in [0.717, 1.165) is 24.0 Å². The van der Waals surface area contributed by atoms with Crippen LogP contribution < -0.4 is 20.1 Å². The lowest BCUT2D eigenvalue weighted by Gasteiger charge is -2.22. The van der Waals surface area contributed by atoms with Crippen LogP contribution in [0.25, 0.3) is 0 Å². The molecule has 0 aromatic heterocycles. The molecule has 0 fully saturated rings. The number of hydrogen-bond donors (Lipinski definition) is 2. The van der Waals surface area contributed by atoms with Gasteiger partial charge in [0.25, 0.3) is 5.91 Å². The number of nitrogens with one attached hydrogen (secondary N) is 2. The molecule has 2 amide bonds. The molecule has 6 nitrogen and oxygen atoms in total. The van der Waals surface area contributed by atoms with Crippen LogP contribution in [0.3, 0.4) is 0 Å². The van der Waals surface area contributed by atoms with E-state index < -0.39 is 6.04 Å². The first-order valence-corrected chi connectivity index (χ1v) is 10.8. The van der Waals surface area contributed by atoms with Gasteiger partial charge in [0.1, 0.15) is 6.04 Å². The minimum atomic E-state index is -0.634. The second-order valence-corrected chi connectivity index (χ2v) is 7.92. The van der Waals surface area contributed by atoms with Crippen LogP contribution in [0.4, 0.5) is 0 Å². The Hall–Kier alpha value is -3.02. The van der Waals surface area contributed by atoms with E-state index in [9.17, 15) is 9.59 Å². The number of rotatable bonds is 11. The fourth-order valence-electron chi connectivity index (χ4n) is 3.15. The van der Waals surface area contributed by atoms with Gasteiger partial charge in [-0.05, 0) is 48.6 Å². The lowest BCUT2D eigenvalue weighted by Crippen LogP contribution is -2.49. The summed E-state index contributed by atoms with van der Waals surface area (Å²) in [6.07, 6.45) is 2.04. The molecule has 0 aliphatic rings. The summed E-state index contributed by atoms with van der Waals surface area (Å²) in [5.74, 6) is 0.797. The highest BCUT2D eigenvalue weighted by molar-refractivity contribution is 5.98.